The number of H-pyrrole nitrogens is 1. The molecule has 1 fully saturated rings. The minimum absolute atomic E-state index is 0.00546. The van der Waals surface area contributed by atoms with Gasteiger partial charge in [-0.3, -0.25) is 9.59 Å². The summed E-state index contributed by atoms with van der Waals surface area (Å²) in [4.78, 5) is 28.0. The van der Waals surface area contributed by atoms with Crippen LogP contribution in [0.25, 0.3) is 10.9 Å². The molecule has 0 saturated heterocycles. The maximum atomic E-state index is 12.5. The number of ketones is 1. The van der Waals surface area contributed by atoms with Gasteiger partial charge in [0, 0.05) is 23.1 Å². The van der Waals surface area contributed by atoms with Gasteiger partial charge in [0.05, 0.1) is 5.56 Å². The van der Waals surface area contributed by atoms with E-state index in [2.05, 4.69) is 24.1 Å². The van der Waals surface area contributed by atoms with E-state index in [9.17, 15) is 9.59 Å². The molecule has 0 bridgehead atoms. The van der Waals surface area contributed by atoms with Crippen LogP contribution in [0.2, 0.25) is 0 Å². The predicted octanol–water partition coefficient (Wildman–Crippen LogP) is 3.68. The van der Waals surface area contributed by atoms with Gasteiger partial charge in [-0.1, -0.05) is 38.5 Å². The molecule has 4 nitrogen and oxygen atoms in total. The summed E-state index contributed by atoms with van der Waals surface area (Å²) in [5.41, 5.74) is 1.39. The molecule has 1 amide bonds. The second-order valence-electron chi connectivity index (χ2n) is 7.27. The van der Waals surface area contributed by atoms with Crippen molar-refractivity contribution in [2.24, 2.45) is 11.3 Å². The first-order valence-corrected chi connectivity index (χ1v) is 8.32. The number of hydrogen-bond acceptors (Lipinski definition) is 2. The van der Waals surface area contributed by atoms with E-state index < -0.39 is 11.7 Å². The fourth-order valence-corrected chi connectivity index (χ4v) is 3.79. The van der Waals surface area contributed by atoms with Crippen molar-refractivity contribution in [3.8, 4) is 0 Å². The summed E-state index contributed by atoms with van der Waals surface area (Å²) in [6, 6.07) is 7.52. The van der Waals surface area contributed by atoms with Crippen molar-refractivity contribution in [3.05, 3.63) is 36.0 Å². The van der Waals surface area contributed by atoms with Crippen LogP contribution in [-0.2, 0) is 4.79 Å². The van der Waals surface area contributed by atoms with Gasteiger partial charge in [0.2, 0.25) is 0 Å². The standard InChI is InChI=1S/C19H24N2O2/c1-12-8-9-19(3,10-12)13(2)21-18(23)17(22)15-11-20-16-7-5-4-6-14(15)16/h4-7,11-13,20H,8-10H2,1-3H3,(H,21,23). The third-order valence-corrected chi connectivity index (χ3v) is 5.46. The lowest BCUT2D eigenvalue weighted by Crippen LogP contribution is -2.45. The zero-order valence-electron chi connectivity index (χ0n) is 14.0. The maximum absolute atomic E-state index is 12.5. The first kappa shape index (κ1) is 15.8. The van der Waals surface area contributed by atoms with Crippen LogP contribution in [0.5, 0.6) is 0 Å². The average Bonchev–Trinajstić information content (AvgIpc) is 3.10. The molecule has 0 aliphatic heterocycles. The molecule has 1 aromatic carbocycles. The number of Topliss-reactive ketones (excluding diaryl/α,β-unsaturated/α-hetero) is 1. The molecule has 23 heavy (non-hydrogen) atoms. The molecule has 1 aromatic heterocycles. The Labute approximate surface area is 136 Å². The normalized spacial score (nSPS) is 25.4. The van der Waals surface area contributed by atoms with Crippen LogP contribution in [0.1, 0.15) is 50.4 Å². The Morgan fingerprint density at radius 3 is 2.78 bits per heavy atom. The molecule has 122 valence electrons. The Balaban J connectivity index is 1.74. The number of rotatable bonds is 4. The van der Waals surface area contributed by atoms with E-state index in [0.717, 1.165) is 23.7 Å². The van der Waals surface area contributed by atoms with Crippen molar-refractivity contribution in [3.63, 3.8) is 0 Å². The van der Waals surface area contributed by atoms with Crippen molar-refractivity contribution in [2.45, 2.75) is 46.1 Å². The summed E-state index contributed by atoms with van der Waals surface area (Å²) in [6.45, 7) is 6.47. The van der Waals surface area contributed by atoms with E-state index in [4.69, 9.17) is 0 Å². The van der Waals surface area contributed by atoms with Gasteiger partial charge in [0.25, 0.3) is 11.7 Å². The number of aromatic nitrogens is 1. The van der Waals surface area contributed by atoms with E-state index in [-0.39, 0.29) is 11.5 Å². The van der Waals surface area contributed by atoms with E-state index in [1.165, 1.54) is 6.42 Å². The highest BCUT2D eigenvalue weighted by atomic mass is 16.2. The molecule has 0 radical (unpaired) electrons. The van der Waals surface area contributed by atoms with Crippen LogP contribution >= 0.6 is 0 Å². The van der Waals surface area contributed by atoms with E-state index in [1.807, 2.05) is 31.2 Å². The molecular formula is C19H24N2O2. The number of amides is 1. The van der Waals surface area contributed by atoms with E-state index in [1.54, 1.807) is 6.20 Å². The number of para-hydroxylation sites is 1. The molecule has 2 aromatic rings. The highest BCUT2D eigenvalue weighted by molar-refractivity contribution is 6.45. The number of nitrogens with one attached hydrogen (secondary N) is 2. The zero-order valence-corrected chi connectivity index (χ0v) is 14.0. The van der Waals surface area contributed by atoms with Crippen LogP contribution in [0.3, 0.4) is 0 Å². The number of carbonyl (C=O) groups is 2. The molecule has 3 unspecified atom stereocenters. The van der Waals surface area contributed by atoms with Crippen LogP contribution in [-0.4, -0.2) is 22.7 Å². The average molecular weight is 312 g/mol. The monoisotopic (exact) mass is 312 g/mol. The number of hydrogen-bond donors (Lipinski definition) is 2. The zero-order chi connectivity index (χ0) is 16.6. The van der Waals surface area contributed by atoms with Gasteiger partial charge in [-0.2, -0.15) is 0 Å². The summed E-state index contributed by atoms with van der Waals surface area (Å²) in [5, 5.41) is 3.73. The molecule has 3 rings (SSSR count). The Hall–Kier alpha value is -2.10. The van der Waals surface area contributed by atoms with Crippen LogP contribution < -0.4 is 5.32 Å². The summed E-state index contributed by atoms with van der Waals surface area (Å²) in [6.07, 6.45) is 5.00. The predicted molar refractivity (Wildman–Crippen MR) is 91.4 cm³/mol. The Kier molecular flexibility index (Phi) is 4.00. The number of aromatic amines is 1. The summed E-state index contributed by atoms with van der Waals surface area (Å²) < 4.78 is 0. The quantitative estimate of drug-likeness (QED) is 0.668. The van der Waals surface area contributed by atoms with Crippen LogP contribution in [0, 0.1) is 11.3 Å². The second kappa shape index (κ2) is 5.84. The van der Waals surface area contributed by atoms with Crippen LogP contribution in [0.15, 0.2) is 30.5 Å². The lowest BCUT2D eigenvalue weighted by Gasteiger charge is -2.32. The third-order valence-electron chi connectivity index (χ3n) is 5.46. The van der Waals surface area contributed by atoms with Gasteiger partial charge in [0.1, 0.15) is 0 Å². The Bertz CT molecular complexity index is 749. The molecular weight excluding hydrogens is 288 g/mol. The Morgan fingerprint density at radius 1 is 1.35 bits per heavy atom. The first-order chi connectivity index (χ1) is 10.9. The second-order valence-corrected chi connectivity index (χ2v) is 7.27. The minimum atomic E-state index is -0.511. The molecule has 1 aliphatic rings. The van der Waals surface area contributed by atoms with Gasteiger partial charge in [-0.05, 0) is 37.2 Å². The van der Waals surface area contributed by atoms with Crippen molar-refractivity contribution in [1.29, 1.82) is 0 Å². The van der Waals surface area contributed by atoms with Gasteiger partial charge in [0.15, 0.2) is 0 Å². The molecule has 4 heteroatoms. The lowest BCUT2D eigenvalue weighted by atomic mass is 9.80. The molecule has 1 heterocycles. The molecule has 1 aliphatic carbocycles. The van der Waals surface area contributed by atoms with Gasteiger partial charge in [-0.25, -0.2) is 0 Å². The van der Waals surface area contributed by atoms with Gasteiger partial charge < -0.3 is 10.3 Å². The molecule has 2 N–H and O–H groups in total. The maximum Gasteiger partial charge on any atom is 0.292 e. The van der Waals surface area contributed by atoms with E-state index in [0.29, 0.717) is 11.5 Å². The Morgan fingerprint density at radius 2 is 2.09 bits per heavy atom. The summed E-state index contributed by atoms with van der Waals surface area (Å²) >= 11 is 0. The minimum Gasteiger partial charge on any atom is -0.360 e. The van der Waals surface area contributed by atoms with Gasteiger partial charge >= 0.3 is 0 Å². The fourth-order valence-electron chi connectivity index (χ4n) is 3.79. The molecule has 0 spiro atoms. The largest absolute Gasteiger partial charge is 0.360 e. The highest BCUT2D eigenvalue weighted by Gasteiger charge is 2.39. The van der Waals surface area contributed by atoms with E-state index >= 15 is 0 Å². The SMILES string of the molecule is CC1CCC(C)(C(C)NC(=O)C(=O)c2c[nH]c3ccccc23)C1. The third kappa shape index (κ3) is 2.90. The van der Waals surface area contributed by atoms with Crippen LogP contribution in [0.4, 0.5) is 0 Å². The number of carbonyl (C=O) groups excluding carboxylic acids is 2. The summed E-state index contributed by atoms with van der Waals surface area (Å²) in [7, 11) is 0. The topological polar surface area (TPSA) is 62.0 Å². The summed E-state index contributed by atoms with van der Waals surface area (Å²) in [5.74, 6) is -0.296. The van der Waals surface area contributed by atoms with Crippen molar-refractivity contribution in [1.82, 2.24) is 10.3 Å². The molecule has 1 saturated carbocycles. The number of fused-ring (bicyclic) bond motifs is 1. The van der Waals surface area contributed by atoms with Crippen molar-refractivity contribution in [2.75, 3.05) is 0 Å². The lowest BCUT2D eigenvalue weighted by molar-refractivity contribution is -0.118. The number of benzene rings is 1. The fraction of sp³-hybridized carbons (Fsp3) is 0.474. The first-order valence-electron chi connectivity index (χ1n) is 8.32. The molecule has 3 atom stereocenters. The highest BCUT2D eigenvalue weighted by Crippen LogP contribution is 2.43. The smallest absolute Gasteiger partial charge is 0.292 e. The van der Waals surface area contributed by atoms with Crippen molar-refractivity contribution < 1.29 is 9.59 Å². The van der Waals surface area contributed by atoms with Gasteiger partial charge in [-0.15, -0.1) is 0 Å². The van der Waals surface area contributed by atoms with Crippen molar-refractivity contribution >= 4 is 22.6 Å².